The molecule has 100 valence electrons. The van der Waals surface area contributed by atoms with Crippen LogP contribution >= 0.6 is 0 Å². The first-order valence-corrected chi connectivity index (χ1v) is 7.82. The molecular formula is C12H23NO3S. The maximum Gasteiger partial charge on any atom is 0.235 e. The van der Waals surface area contributed by atoms with Crippen molar-refractivity contribution in [2.24, 2.45) is 0 Å². The first-order valence-electron chi connectivity index (χ1n) is 6.33. The average Bonchev–Trinajstić information content (AvgIpc) is 2.70. The predicted octanol–water partition coefficient (Wildman–Crippen LogP) is 0.907. The fourth-order valence-corrected chi connectivity index (χ4v) is 3.25. The summed E-state index contributed by atoms with van der Waals surface area (Å²) in [4.78, 5) is 14.0. The molecule has 0 aromatic rings. The SMILES string of the molecule is CC(C)N(C(=O)CS(=O)CCO)C1CCCC1. The van der Waals surface area contributed by atoms with Gasteiger partial charge in [0.25, 0.3) is 0 Å². The topological polar surface area (TPSA) is 57.6 Å². The summed E-state index contributed by atoms with van der Waals surface area (Å²) < 4.78 is 11.5. The van der Waals surface area contributed by atoms with Crippen LogP contribution in [0, 0.1) is 0 Å². The smallest absolute Gasteiger partial charge is 0.235 e. The summed E-state index contributed by atoms with van der Waals surface area (Å²) in [5.74, 6) is 0.219. The molecule has 0 bridgehead atoms. The predicted molar refractivity (Wildman–Crippen MR) is 69.2 cm³/mol. The first kappa shape index (κ1) is 14.6. The largest absolute Gasteiger partial charge is 0.395 e. The van der Waals surface area contributed by atoms with Crippen molar-refractivity contribution in [1.29, 1.82) is 0 Å². The van der Waals surface area contributed by atoms with Crippen molar-refractivity contribution < 1.29 is 14.1 Å². The summed E-state index contributed by atoms with van der Waals surface area (Å²) in [6.45, 7) is 3.89. The normalized spacial score (nSPS) is 18.6. The second kappa shape index (κ2) is 7.11. The average molecular weight is 261 g/mol. The van der Waals surface area contributed by atoms with Crippen molar-refractivity contribution in [1.82, 2.24) is 4.90 Å². The Bertz CT molecular complexity index is 275. The Morgan fingerprint density at radius 1 is 1.41 bits per heavy atom. The van der Waals surface area contributed by atoms with E-state index in [0.29, 0.717) is 6.04 Å². The monoisotopic (exact) mass is 261 g/mol. The summed E-state index contributed by atoms with van der Waals surface area (Å²) in [6.07, 6.45) is 4.49. The van der Waals surface area contributed by atoms with Gasteiger partial charge in [0.15, 0.2) is 0 Å². The van der Waals surface area contributed by atoms with Gasteiger partial charge in [-0.3, -0.25) is 9.00 Å². The van der Waals surface area contributed by atoms with E-state index in [0.717, 1.165) is 12.8 Å². The van der Waals surface area contributed by atoms with Gasteiger partial charge in [-0.15, -0.1) is 0 Å². The third-order valence-electron chi connectivity index (χ3n) is 3.17. The van der Waals surface area contributed by atoms with Gasteiger partial charge in [0, 0.05) is 28.6 Å². The van der Waals surface area contributed by atoms with Crippen LogP contribution in [-0.4, -0.2) is 50.3 Å². The van der Waals surface area contributed by atoms with E-state index in [-0.39, 0.29) is 30.1 Å². The van der Waals surface area contributed by atoms with Gasteiger partial charge in [0.05, 0.1) is 6.61 Å². The Morgan fingerprint density at radius 3 is 2.47 bits per heavy atom. The number of hydrogen-bond donors (Lipinski definition) is 1. The number of carbonyl (C=O) groups is 1. The zero-order valence-corrected chi connectivity index (χ0v) is 11.5. The van der Waals surface area contributed by atoms with Gasteiger partial charge in [-0.2, -0.15) is 0 Å². The zero-order chi connectivity index (χ0) is 12.8. The van der Waals surface area contributed by atoms with Gasteiger partial charge in [-0.25, -0.2) is 0 Å². The van der Waals surface area contributed by atoms with Crippen molar-refractivity contribution in [3.63, 3.8) is 0 Å². The molecule has 1 atom stereocenters. The summed E-state index contributed by atoms with van der Waals surface area (Å²) in [6, 6.07) is 0.491. The fraction of sp³-hybridized carbons (Fsp3) is 0.917. The Hall–Kier alpha value is -0.420. The van der Waals surface area contributed by atoms with Crippen molar-refractivity contribution in [2.75, 3.05) is 18.1 Å². The molecular weight excluding hydrogens is 238 g/mol. The molecule has 0 aromatic heterocycles. The van der Waals surface area contributed by atoms with Crippen molar-refractivity contribution in [2.45, 2.75) is 51.6 Å². The lowest BCUT2D eigenvalue weighted by atomic mass is 10.1. The highest BCUT2D eigenvalue weighted by Crippen LogP contribution is 2.25. The summed E-state index contributed by atoms with van der Waals surface area (Å²) in [5, 5.41) is 8.69. The van der Waals surface area contributed by atoms with Crippen molar-refractivity contribution >= 4 is 16.7 Å². The summed E-state index contributed by atoms with van der Waals surface area (Å²) in [7, 11) is -1.23. The highest BCUT2D eigenvalue weighted by Gasteiger charge is 2.29. The number of hydrogen-bond acceptors (Lipinski definition) is 3. The highest BCUT2D eigenvalue weighted by atomic mass is 32.2. The van der Waals surface area contributed by atoms with Crippen molar-refractivity contribution in [3.8, 4) is 0 Å². The minimum absolute atomic E-state index is 0.0290. The summed E-state index contributed by atoms with van der Waals surface area (Å²) in [5.41, 5.74) is 0. The number of aliphatic hydroxyl groups is 1. The lowest BCUT2D eigenvalue weighted by Gasteiger charge is -2.32. The van der Waals surface area contributed by atoms with Crippen LogP contribution in [0.1, 0.15) is 39.5 Å². The van der Waals surface area contributed by atoms with Crippen LogP contribution in [0.2, 0.25) is 0 Å². The van der Waals surface area contributed by atoms with E-state index in [4.69, 9.17) is 5.11 Å². The van der Waals surface area contributed by atoms with Crippen LogP contribution in [0.5, 0.6) is 0 Å². The number of amides is 1. The molecule has 0 spiro atoms. The molecule has 4 nitrogen and oxygen atoms in total. The number of rotatable bonds is 6. The molecule has 0 aromatic carbocycles. The van der Waals surface area contributed by atoms with E-state index in [1.54, 1.807) is 0 Å². The Balaban J connectivity index is 2.57. The van der Waals surface area contributed by atoms with E-state index in [1.165, 1.54) is 12.8 Å². The van der Waals surface area contributed by atoms with Gasteiger partial charge in [0.1, 0.15) is 5.75 Å². The Morgan fingerprint density at radius 2 is 2.00 bits per heavy atom. The fourth-order valence-electron chi connectivity index (χ4n) is 2.48. The molecule has 17 heavy (non-hydrogen) atoms. The zero-order valence-electron chi connectivity index (χ0n) is 10.7. The van der Waals surface area contributed by atoms with E-state index >= 15 is 0 Å². The molecule has 0 heterocycles. The number of aliphatic hydroxyl groups excluding tert-OH is 1. The highest BCUT2D eigenvalue weighted by molar-refractivity contribution is 7.85. The molecule has 1 amide bonds. The molecule has 0 aliphatic heterocycles. The molecule has 0 saturated heterocycles. The molecule has 1 rings (SSSR count). The standard InChI is InChI=1S/C12H23NO3S/c1-10(2)13(11-5-3-4-6-11)12(15)9-17(16)8-7-14/h10-11,14H,3-9H2,1-2H3. The molecule has 1 N–H and O–H groups in total. The lowest BCUT2D eigenvalue weighted by molar-refractivity contribution is -0.132. The van der Waals surface area contributed by atoms with Gasteiger partial charge in [-0.05, 0) is 26.7 Å². The van der Waals surface area contributed by atoms with Crippen LogP contribution < -0.4 is 0 Å². The Kier molecular flexibility index (Phi) is 6.12. The minimum atomic E-state index is -1.23. The maximum absolute atomic E-state index is 12.1. The van der Waals surface area contributed by atoms with Gasteiger partial charge in [0.2, 0.25) is 5.91 Å². The van der Waals surface area contributed by atoms with E-state index in [9.17, 15) is 9.00 Å². The quantitative estimate of drug-likeness (QED) is 0.773. The maximum atomic E-state index is 12.1. The van der Waals surface area contributed by atoms with E-state index < -0.39 is 10.8 Å². The van der Waals surface area contributed by atoms with Crippen LogP contribution in [0.4, 0.5) is 0 Å². The van der Waals surface area contributed by atoms with Gasteiger partial charge < -0.3 is 10.0 Å². The van der Waals surface area contributed by atoms with Gasteiger partial charge >= 0.3 is 0 Å². The summed E-state index contributed by atoms with van der Waals surface area (Å²) >= 11 is 0. The molecule has 1 aliphatic carbocycles. The molecule has 0 radical (unpaired) electrons. The number of carbonyl (C=O) groups excluding carboxylic acids is 1. The third kappa shape index (κ3) is 4.39. The van der Waals surface area contributed by atoms with Crippen LogP contribution in [0.25, 0.3) is 0 Å². The first-order chi connectivity index (χ1) is 8.06. The van der Waals surface area contributed by atoms with Crippen LogP contribution in [0.15, 0.2) is 0 Å². The van der Waals surface area contributed by atoms with Gasteiger partial charge in [-0.1, -0.05) is 12.8 Å². The molecule has 1 fully saturated rings. The van der Waals surface area contributed by atoms with E-state index in [2.05, 4.69) is 0 Å². The second-order valence-electron chi connectivity index (χ2n) is 4.84. The molecule has 5 heteroatoms. The minimum Gasteiger partial charge on any atom is -0.395 e. The van der Waals surface area contributed by atoms with Crippen LogP contribution in [0.3, 0.4) is 0 Å². The Labute approximate surface area is 106 Å². The molecule has 1 aliphatic rings. The molecule has 1 saturated carbocycles. The van der Waals surface area contributed by atoms with Crippen LogP contribution in [-0.2, 0) is 15.6 Å². The lowest BCUT2D eigenvalue weighted by Crippen LogP contribution is -2.45. The number of nitrogens with zero attached hydrogens (tertiary/aromatic N) is 1. The third-order valence-corrected chi connectivity index (χ3v) is 4.37. The molecule has 1 unspecified atom stereocenters. The van der Waals surface area contributed by atoms with E-state index in [1.807, 2.05) is 18.7 Å². The van der Waals surface area contributed by atoms with Crippen molar-refractivity contribution in [3.05, 3.63) is 0 Å². The second-order valence-corrected chi connectivity index (χ2v) is 6.42.